The van der Waals surface area contributed by atoms with Crippen LogP contribution in [-0.2, 0) is 4.74 Å². The molecule has 3 aliphatic rings. The van der Waals surface area contributed by atoms with Crippen LogP contribution in [0.2, 0.25) is 0 Å². The van der Waals surface area contributed by atoms with Crippen molar-refractivity contribution in [1.82, 2.24) is 10.2 Å². The number of piperidine rings is 1. The van der Waals surface area contributed by atoms with Gasteiger partial charge in [-0.05, 0) is 58.9 Å². The van der Waals surface area contributed by atoms with Crippen LogP contribution in [0, 0.1) is 0 Å². The highest BCUT2D eigenvalue weighted by Gasteiger charge is 2.34. The number of likely N-dealkylation sites (tertiary alicyclic amines) is 1. The molecule has 2 saturated heterocycles. The van der Waals surface area contributed by atoms with Crippen molar-refractivity contribution in [2.24, 2.45) is 0 Å². The molecule has 19 heavy (non-hydrogen) atoms. The summed E-state index contributed by atoms with van der Waals surface area (Å²) in [6.45, 7) is 8.09. The molecule has 0 aromatic heterocycles. The third-order valence-corrected chi connectivity index (χ3v) is 4.96. The zero-order valence-corrected chi connectivity index (χ0v) is 12.7. The molecule has 0 radical (unpaired) electrons. The van der Waals surface area contributed by atoms with Crippen molar-refractivity contribution in [3.8, 4) is 0 Å². The zero-order valence-electron chi connectivity index (χ0n) is 12.7. The third-order valence-electron chi connectivity index (χ3n) is 4.96. The van der Waals surface area contributed by atoms with Crippen LogP contribution < -0.4 is 5.32 Å². The molecule has 1 N–H and O–H groups in total. The molecule has 3 nitrogen and oxygen atoms in total. The molecule has 110 valence electrons. The number of nitrogens with zero attached hydrogens (tertiary/aromatic N) is 1. The molecule has 0 amide bonds. The molecule has 1 aliphatic carbocycles. The first kappa shape index (κ1) is 13.8. The molecule has 3 fully saturated rings. The second-order valence-electron chi connectivity index (χ2n) is 7.37. The summed E-state index contributed by atoms with van der Waals surface area (Å²) >= 11 is 0. The fourth-order valence-electron chi connectivity index (χ4n) is 3.59. The van der Waals surface area contributed by atoms with Gasteiger partial charge in [-0.25, -0.2) is 0 Å². The van der Waals surface area contributed by atoms with Crippen molar-refractivity contribution in [2.45, 2.75) is 82.6 Å². The van der Waals surface area contributed by atoms with Crippen LogP contribution in [0.1, 0.15) is 58.8 Å². The maximum Gasteiger partial charge on any atom is 0.0710 e. The van der Waals surface area contributed by atoms with Gasteiger partial charge in [-0.3, -0.25) is 4.90 Å². The van der Waals surface area contributed by atoms with Gasteiger partial charge >= 0.3 is 0 Å². The molecular weight excluding hydrogens is 236 g/mol. The van der Waals surface area contributed by atoms with Gasteiger partial charge in [-0.15, -0.1) is 0 Å². The molecule has 0 bridgehead atoms. The minimum absolute atomic E-state index is 0.113. The second-order valence-corrected chi connectivity index (χ2v) is 7.37. The van der Waals surface area contributed by atoms with Crippen LogP contribution in [0.5, 0.6) is 0 Å². The molecule has 2 unspecified atom stereocenters. The van der Waals surface area contributed by atoms with Gasteiger partial charge in [0.2, 0.25) is 0 Å². The molecular formula is C16H30N2O. The van der Waals surface area contributed by atoms with E-state index in [4.69, 9.17) is 4.74 Å². The minimum atomic E-state index is 0.113. The van der Waals surface area contributed by atoms with Gasteiger partial charge in [0.25, 0.3) is 0 Å². The number of nitrogens with one attached hydrogen (secondary N) is 1. The quantitative estimate of drug-likeness (QED) is 0.827. The topological polar surface area (TPSA) is 24.5 Å². The highest BCUT2D eigenvalue weighted by Crippen LogP contribution is 2.31. The molecule has 0 aromatic carbocycles. The molecule has 3 heteroatoms. The Morgan fingerprint density at radius 2 is 2.00 bits per heavy atom. The zero-order chi connectivity index (χ0) is 13.3. The maximum absolute atomic E-state index is 6.18. The van der Waals surface area contributed by atoms with Crippen LogP contribution in [0.3, 0.4) is 0 Å². The van der Waals surface area contributed by atoms with E-state index in [0.717, 1.165) is 18.6 Å². The molecule has 1 saturated carbocycles. The van der Waals surface area contributed by atoms with Crippen LogP contribution >= 0.6 is 0 Å². The van der Waals surface area contributed by atoms with Crippen LogP contribution in [0.15, 0.2) is 0 Å². The molecule has 2 aliphatic heterocycles. The Kier molecular flexibility index (Phi) is 4.16. The summed E-state index contributed by atoms with van der Waals surface area (Å²) in [4.78, 5) is 2.70. The third kappa shape index (κ3) is 3.93. The first-order valence-corrected chi connectivity index (χ1v) is 8.28. The van der Waals surface area contributed by atoms with E-state index in [0.29, 0.717) is 6.10 Å². The fourth-order valence-corrected chi connectivity index (χ4v) is 3.59. The predicted octanol–water partition coefficient (Wildman–Crippen LogP) is 2.55. The first-order chi connectivity index (χ1) is 9.12. The summed E-state index contributed by atoms with van der Waals surface area (Å²) in [6.07, 6.45) is 9.87. The molecule has 3 rings (SSSR count). The molecule has 0 spiro atoms. The lowest BCUT2D eigenvalue weighted by atomic mass is 10.0. The van der Waals surface area contributed by atoms with E-state index in [-0.39, 0.29) is 5.60 Å². The Balaban J connectivity index is 1.48. The smallest absolute Gasteiger partial charge is 0.0710 e. The van der Waals surface area contributed by atoms with Gasteiger partial charge in [-0.1, -0.05) is 6.42 Å². The van der Waals surface area contributed by atoms with E-state index >= 15 is 0 Å². The van der Waals surface area contributed by atoms with Gasteiger partial charge in [0.1, 0.15) is 0 Å². The van der Waals surface area contributed by atoms with Gasteiger partial charge in [0.15, 0.2) is 0 Å². The Morgan fingerprint density at radius 3 is 2.68 bits per heavy atom. The molecule has 2 atom stereocenters. The highest BCUT2D eigenvalue weighted by atomic mass is 16.5. The fraction of sp³-hybridized carbons (Fsp3) is 1.00. The number of ether oxygens (including phenoxy) is 1. The number of rotatable bonds is 5. The average Bonchev–Trinajstić information content (AvgIpc) is 3.13. The SMILES string of the molecule is CC1(C)CCC(CN2CCCCC2CNC2CC2)O1. The van der Waals surface area contributed by atoms with E-state index in [2.05, 4.69) is 24.1 Å². The first-order valence-electron chi connectivity index (χ1n) is 8.28. The lowest BCUT2D eigenvalue weighted by molar-refractivity contribution is -0.0371. The highest BCUT2D eigenvalue weighted by molar-refractivity contribution is 4.88. The van der Waals surface area contributed by atoms with Crippen molar-refractivity contribution in [3.05, 3.63) is 0 Å². The van der Waals surface area contributed by atoms with Gasteiger partial charge in [-0.2, -0.15) is 0 Å². The predicted molar refractivity (Wildman–Crippen MR) is 78.4 cm³/mol. The summed E-state index contributed by atoms with van der Waals surface area (Å²) < 4.78 is 6.18. The monoisotopic (exact) mass is 266 g/mol. The minimum Gasteiger partial charge on any atom is -0.371 e. The maximum atomic E-state index is 6.18. The summed E-state index contributed by atoms with van der Waals surface area (Å²) in [5.41, 5.74) is 0.113. The Morgan fingerprint density at radius 1 is 1.16 bits per heavy atom. The van der Waals surface area contributed by atoms with Gasteiger partial charge < -0.3 is 10.1 Å². The summed E-state index contributed by atoms with van der Waals surface area (Å²) in [5.74, 6) is 0. The Labute approximate surface area is 118 Å². The standard InChI is InChI=1S/C16H30N2O/c1-16(2)9-8-15(19-16)12-18-10-4-3-5-14(18)11-17-13-6-7-13/h13-15,17H,3-12H2,1-2H3. The molecule has 2 heterocycles. The van der Waals surface area contributed by atoms with E-state index in [1.165, 1.54) is 58.0 Å². The summed E-state index contributed by atoms with van der Waals surface area (Å²) in [6, 6.07) is 1.59. The van der Waals surface area contributed by atoms with Crippen molar-refractivity contribution in [1.29, 1.82) is 0 Å². The van der Waals surface area contributed by atoms with Crippen LogP contribution in [0.25, 0.3) is 0 Å². The Hall–Kier alpha value is -0.120. The van der Waals surface area contributed by atoms with Crippen LogP contribution in [0.4, 0.5) is 0 Å². The Bertz CT molecular complexity index is 301. The van der Waals surface area contributed by atoms with Crippen molar-refractivity contribution < 1.29 is 4.74 Å². The van der Waals surface area contributed by atoms with E-state index in [1.54, 1.807) is 0 Å². The van der Waals surface area contributed by atoms with Crippen molar-refractivity contribution >= 4 is 0 Å². The van der Waals surface area contributed by atoms with Gasteiger partial charge in [0.05, 0.1) is 11.7 Å². The summed E-state index contributed by atoms with van der Waals surface area (Å²) in [5, 5.41) is 3.71. The van der Waals surface area contributed by atoms with Crippen molar-refractivity contribution in [3.63, 3.8) is 0 Å². The van der Waals surface area contributed by atoms with Gasteiger partial charge in [0, 0.05) is 25.2 Å². The normalized spacial score (nSPS) is 35.7. The number of hydrogen-bond donors (Lipinski definition) is 1. The number of hydrogen-bond acceptors (Lipinski definition) is 3. The average molecular weight is 266 g/mol. The van der Waals surface area contributed by atoms with E-state index < -0.39 is 0 Å². The second kappa shape index (κ2) is 5.71. The van der Waals surface area contributed by atoms with Crippen LogP contribution in [-0.4, -0.2) is 48.3 Å². The lowest BCUT2D eigenvalue weighted by Gasteiger charge is -2.37. The van der Waals surface area contributed by atoms with E-state index in [9.17, 15) is 0 Å². The van der Waals surface area contributed by atoms with Crippen molar-refractivity contribution in [2.75, 3.05) is 19.6 Å². The lowest BCUT2D eigenvalue weighted by Crippen LogP contribution is -2.48. The largest absolute Gasteiger partial charge is 0.371 e. The molecule has 0 aromatic rings. The van der Waals surface area contributed by atoms with E-state index in [1.807, 2.05) is 0 Å². The summed E-state index contributed by atoms with van der Waals surface area (Å²) in [7, 11) is 0.